The van der Waals surface area contributed by atoms with Crippen LogP contribution in [0.25, 0.3) is 0 Å². The molecule has 1 aromatic rings. The Balaban J connectivity index is 1.28. The standard InChI is InChI=1S/C23H32O2/c1-2-3-4-17-5-7-21(8-6-17)22(24)25-10-9-23-14-18-11-19(15-23)13-20(12-18)16-23/h5-8,18-20H,2-4,9-16H2,1H3. The van der Waals surface area contributed by atoms with Gasteiger partial charge in [0.1, 0.15) is 0 Å². The summed E-state index contributed by atoms with van der Waals surface area (Å²) in [5.74, 6) is 2.76. The maximum absolute atomic E-state index is 12.3. The molecule has 0 heterocycles. The summed E-state index contributed by atoms with van der Waals surface area (Å²) in [7, 11) is 0. The summed E-state index contributed by atoms with van der Waals surface area (Å²) in [6, 6.07) is 8.01. The number of esters is 1. The molecule has 4 fully saturated rings. The first-order valence-corrected chi connectivity index (χ1v) is 10.4. The minimum atomic E-state index is -0.147. The monoisotopic (exact) mass is 340 g/mol. The Morgan fingerprint density at radius 1 is 1.04 bits per heavy atom. The average Bonchev–Trinajstić information content (AvgIpc) is 2.59. The van der Waals surface area contributed by atoms with Gasteiger partial charge in [-0.05, 0) is 98.7 Å². The van der Waals surface area contributed by atoms with Crippen LogP contribution in [-0.2, 0) is 11.2 Å². The van der Waals surface area contributed by atoms with Crippen LogP contribution in [0.3, 0.4) is 0 Å². The number of hydrogen-bond donors (Lipinski definition) is 0. The second kappa shape index (κ2) is 7.13. The molecule has 0 unspecified atom stereocenters. The number of unbranched alkanes of at least 4 members (excludes halogenated alkanes) is 1. The molecule has 4 aliphatic carbocycles. The average molecular weight is 341 g/mol. The topological polar surface area (TPSA) is 26.3 Å². The Hall–Kier alpha value is -1.31. The van der Waals surface area contributed by atoms with E-state index in [1.807, 2.05) is 12.1 Å². The van der Waals surface area contributed by atoms with Crippen LogP contribution in [-0.4, -0.2) is 12.6 Å². The molecule has 4 bridgehead atoms. The Morgan fingerprint density at radius 2 is 1.64 bits per heavy atom. The van der Waals surface area contributed by atoms with Crippen molar-refractivity contribution in [2.45, 2.75) is 71.1 Å². The van der Waals surface area contributed by atoms with Crippen LogP contribution in [0.1, 0.15) is 80.6 Å². The zero-order valence-corrected chi connectivity index (χ0v) is 15.6. The third kappa shape index (κ3) is 3.78. The van der Waals surface area contributed by atoms with E-state index in [4.69, 9.17) is 4.74 Å². The van der Waals surface area contributed by atoms with E-state index in [1.54, 1.807) is 0 Å². The van der Waals surface area contributed by atoms with E-state index in [9.17, 15) is 4.79 Å². The van der Waals surface area contributed by atoms with Gasteiger partial charge in [-0.1, -0.05) is 25.5 Å². The van der Waals surface area contributed by atoms with Gasteiger partial charge in [0.15, 0.2) is 0 Å². The normalized spacial score (nSPS) is 32.8. The Morgan fingerprint density at radius 3 is 2.20 bits per heavy atom. The lowest BCUT2D eigenvalue weighted by Gasteiger charge is -2.57. The molecule has 2 nitrogen and oxygen atoms in total. The minimum Gasteiger partial charge on any atom is -0.462 e. The molecule has 1 aromatic carbocycles. The highest BCUT2D eigenvalue weighted by atomic mass is 16.5. The van der Waals surface area contributed by atoms with E-state index in [1.165, 1.54) is 56.9 Å². The maximum atomic E-state index is 12.3. The molecule has 4 aliphatic rings. The number of carbonyl (C=O) groups is 1. The van der Waals surface area contributed by atoms with Crippen LogP contribution >= 0.6 is 0 Å². The molecule has 0 aromatic heterocycles. The molecule has 0 saturated heterocycles. The molecule has 5 rings (SSSR count). The van der Waals surface area contributed by atoms with Gasteiger partial charge in [-0.2, -0.15) is 0 Å². The fraction of sp³-hybridized carbons (Fsp3) is 0.696. The van der Waals surface area contributed by atoms with Gasteiger partial charge >= 0.3 is 5.97 Å². The number of benzene rings is 1. The Labute approximate surface area is 152 Å². The Kier molecular flexibility index (Phi) is 4.88. The molecular formula is C23H32O2. The summed E-state index contributed by atoms with van der Waals surface area (Å²) in [4.78, 5) is 12.3. The summed E-state index contributed by atoms with van der Waals surface area (Å²) in [6.07, 6.45) is 13.2. The predicted molar refractivity (Wildman–Crippen MR) is 101 cm³/mol. The highest BCUT2D eigenvalue weighted by Crippen LogP contribution is 2.61. The molecule has 0 N–H and O–H groups in total. The maximum Gasteiger partial charge on any atom is 0.338 e. The predicted octanol–water partition coefficient (Wildman–Crippen LogP) is 5.79. The zero-order valence-electron chi connectivity index (χ0n) is 15.6. The number of rotatable bonds is 7. The summed E-state index contributed by atoms with van der Waals surface area (Å²) in [6.45, 7) is 2.80. The first-order chi connectivity index (χ1) is 12.2. The van der Waals surface area contributed by atoms with E-state index in [0.717, 1.165) is 30.6 Å². The van der Waals surface area contributed by atoms with Crippen molar-refractivity contribution in [3.8, 4) is 0 Å². The van der Waals surface area contributed by atoms with Crippen LogP contribution in [0.5, 0.6) is 0 Å². The van der Waals surface area contributed by atoms with Crippen LogP contribution in [0.4, 0.5) is 0 Å². The molecule has 25 heavy (non-hydrogen) atoms. The third-order valence-corrected chi connectivity index (χ3v) is 7.04. The fourth-order valence-electron chi connectivity index (χ4n) is 6.23. The number of ether oxygens (including phenoxy) is 1. The quantitative estimate of drug-likeness (QED) is 0.587. The van der Waals surface area contributed by atoms with Crippen molar-refractivity contribution in [1.29, 1.82) is 0 Å². The molecule has 0 aliphatic heterocycles. The van der Waals surface area contributed by atoms with Crippen LogP contribution in [0.2, 0.25) is 0 Å². The van der Waals surface area contributed by atoms with Crippen LogP contribution in [0.15, 0.2) is 24.3 Å². The second-order valence-corrected chi connectivity index (χ2v) is 9.10. The number of hydrogen-bond acceptors (Lipinski definition) is 2. The summed E-state index contributed by atoms with van der Waals surface area (Å²) < 4.78 is 5.65. The third-order valence-electron chi connectivity index (χ3n) is 7.04. The Bertz CT molecular complexity index is 566. The van der Waals surface area contributed by atoms with Gasteiger partial charge in [-0.3, -0.25) is 0 Å². The van der Waals surface area contributed by atoms with Crippen molar-refractivity contribution in [1.82, 2.24) is 0 Å². The smallest absolute Gasteiger partial charge is 0.338 e. The second-order valence-electron chi connectivity index (χ2n) is 9.10. The first-order valence-electron chi connectivity index (χ1n) is 10.4. The highest BCUT2D eigenvalue weighted by Gasteiger charge is 2.50. The first kappa shape index (κ1) is 17.1. The molecule has 0 amide bonds. The van der Waals surface area contributed by atoms with E-state index in [-0.39, 0.29) is 5.97 Å². The molecule has 0 atom stereocenters. The van der Waals surface area contributed by atoms with Gasteiger partial charge in [-0.25, -0.2) is 4.79 Å². The van der Waals surface area contributed by atoms with Crippen molar-refractivity contribution in [2.75, 3.05) is 6.61 Å². The van der Waals surface area contributed by atoms with Gasteiger partial charge < -0.3 is 4.74 Å². The number of carbonyl (C=O) groups excluding carboxylic acids is 1. The van der Waals surface area contributed by atoms with Gasteiger partial charge in [0.25, 0.3) is 0 Å². The molecule has 0 radical (unpaired) electrons. The van der Waals surface area contributed by atoms with Crippen molar-refractivity contribution < 1.29 is 9.53 Å². The SMILES string of the molecule is CCCCc1ccc(C(=O)OCCC23CC4CC(CC(C4)C2)C3)cc1. The van der Waals surface area contributed by atoms with Crippen molar-refractivity contribution >= 4 is 5.97 Å². The zero-order chi connectivity index (χ0) is 17.3. The van der Waals surface area contributed by atoms with E-state index < -0.39 is 0 Å². The molecular weight excluding hydrogens is 308 g/mol. The lowest BCUT2D eigenvalue weighted by atomic mass is 9.49. The number of aryl methyl sites for hydroxylation is 1. The summed E-state index contributed by atoms with van der Waals surface area (Å²) >= 11 is 0. The largest absolute Gasteiger partial charge is 0.462 e. The van der Waals surface area contributed by atoms with E-state index >= 15 is 0 Å². The lowest BCUT2D eigenvalue weighted by Crippen LogP contribution is -2.46. The van der Waals surface area contributed by atoms with Crippen LogP contribution in [0, 0.1) is 23.2 Å². The van der Waals surface area contributed by atoms with Gasteiger partial charge in [0.05, 0.1) is 12.2 Å². The summed E-state index contributed by atoms with van der Waals surface area (Å²) in [5.41, 5.74) is 2.51. The summed E-state index contributed by atoms with van der Waals surface area (Å²) in [5, 5.41) is 0. The fourth-order valence-corrected chi connectivity index (χ4v) is 6.23. The van der Waals surface area contributed by atoms with E-state index in [2.05, 4.69) is 19.1 Å². The molecule has 136 valence electrons. The van der Waals surface area contributed by atoms with Gasteiger partial charge in [0, 0.05) is 0 Å². The highest BCUT2D eigenvalue weighted by molar-refractivity contribution is 5.89. The minimum absolute atomic E-state index is 0.147. The van der Waals surface area contributed by atoms with Crippen molar-refractivity contribution in [3.63, 3.8) is 0 Å². The lowest BCUT2D eigenvalue weighted by molar-refractivity contribution is -0.0653. The van der Waals surface area contributed by atoms with Gasteiger partial charge in [0.2, 0.25) is 0 Å². The van der Waals surface area contributed by atoms with E-state index in [0.29, 0.717) is 17.6 Å². The molecule has 2 heteroatoms. The van der Waals surface area contributed by atoms with Crippen molar-refractivity contribution in [3.05, 3.63) is 35.4 Å². The van der Waals surface area contributed by atoms with Crippen molar-refractivity contribution in [2.24, 2.45) is 23.2 Å². The molecule has 4 saturated carbocycles. The molecule has 0 spiro atoms. The van der Waals surface area contributed by atoms with Crippen LogP contribution < -0.4 is 0 Å². The van der Waals surface area contributed by atoms with Gasteiger partial charge in [-0.15, -0.1) is 0 Å².